The normalized spacial score (nSPS) is 11.3. The standard InChI is InChI=1S/C11H8F3N3O/c1-18-9-3-2-7(4-8(9)11(12,13)14)10-16-5-15-6-17-10/h2-6H,1H3. The van der Waals surface area contributed by atoms with Crippen molar-refractivity contribution in [1.82, 2.24) is 15.0 Å². The zero-order chi connectivity index (χ0) is 13.2. The van der Waals surface area contributed by atoms with Gasteiger partial charge in [-0.1, -0.05) is 0 Å². The molecule has 0 radical (unpaired) electrons. The number of hydrogen-bond donors (Lipinski definition) is 0. The third-order valence-electron chi connectivity index (χ3n) is 2.26. The Balaban J connectivity index is 2.53. The van der Waals surface area contributed by atoms with Crippen LogP contribution in [-0.4, -0.2) is 22.1 Å². The Bertz CT molecular complexity index is 543. The van der Waals surface area contributed by atoms with E-state index in [4.69, 9.17) is 0 Å². The molecule has 0 saturated heterocycles. The monoisotopic (exact) mass is 255 g/mol. The molecule has 0 fully saturated rings. The molecule has 4 nitrogen and oxygen atoms in total. The van der Waals surface area contributed by atoms with Crippen LogP contribution in [0.2, 0.25) is 0 Å². The lowest BCUT2D eigenvalue weighted by molar-refractivity contribution is -0.138. The number of methoxy groups -OCH3 is 1. The third-order valence-corrected chi connectivity index (χ3v) is 2.26. The van der Waals surface area contributed by atoms with Gasteiger partial charge in [-0.15, -0.1) is 0 Å². The number of ether oxygens (including phenoxy) is 1. The maximum Gasteiger partial charge on any atom is 0.419 e. The minimum absolute atomic E-state index is 0.179. The Kier molecular flexibility index (Phi) is 3.14. The average molecular weight is 255 g/mol. The van der Waals surface area contributed by atoms with E-state index in [1.807, 2.05) is 0 Å². The van der Waals surface area contributed by atoms with Gasteiger partial charge >= 0.3 is 6.18 Å². The number of halogens is 3. The fourth-order valence-corrected chi connectivity index (χ4v) is 1.46. The summed E-state index contributed by atoms with van der Waals surface area (Å²) < 4.78 is 43.1. The lowest BCUT2D eigenvalue weighted by Gasteiger charge is -2.12. The summed E-state index contributed by atoms with van der Waals surface area (Å²) in [4.78, 5) is 11.2. The van der Waals surface area contributed by atoms with Crippen LogP contribution in [0.1, 0.15) is 5.56 Å². The summed E-state index contributed by atoms with van der Waals surface area (Å²) in [7, 11) is 1.19. The predicted octanol–water partition coefficient (Wildman–Crippen LogP) is 2.57. The van der Waals surface area contributed by atoms with Gasteiger partial charge in [0.1, 0.15) is 18.4 Å². The molecule has 94 valence electrons. The molecule has 18 heavy (non-hydrogen) atoms. The molecule has 0 spiro atoms. The van der Waals surface area contributed by atoms with E-state index < -0.39 is 11.7 Å². The van der Waals surface area contributed by atoms with Crippen molar-refractivity contribution in [2.75, 3.05) is 7.11 Å². The number of nitrogens with zero attached hydrogens (tertiary/aromatic N) is 3. The SMILES string of the molecule is COc1ccc(-c2ncncn2)cc1C(F)(F)F. The highest BCUT2D eigenvalue weighted by molar-refractivity contribution is 5.58. The Hall–Kier alpha value is -2.18. The topological polar surface area (TPSA) is 47.9 Å². The second-order valence-corrected chi connectivity index (χ2v) is 3.37. The summed E-state index contributed by atoms with van der Waals surface area (Å²) in [6.07, 6.45) is -2.05. The average Bonchev–Trinajstić information content (AvgIpc) is 2.38. The Morgan fingerprint density at radius 1 is 1.11 bits per heavy atom. The third kappa shape index (κ3) is 2.39. The Labute approximate surface area is 100 Å². The summed E-state index contributed by atoms with van der Waals surface area (Å²) in [5.41, 5.74) is -0.603. The van der Waals surface area contributed by atoms with Crippen LogP contribution in [0.25, 0.3) is 11.4 Å². The molecular weight excluding hydrogens is 247 g/mol. The lowest BCUT2D eigenvalue weighted by atomic mass is 10.1. The van der Waals surface area contributed by atoms with Crippen LogP contribution in [0.3, 0.4) is 0 Å². The molecule has 1 aromatic carbocycles. The van der Waals surface area contributed by atoms with Gasteiger partial charge in [0.15, 0.2) is 5.82 Å². The second kappa shape index (κ2) is 4.59. The maximum atomic E-state index is 12.8. The van der Waals surface area contributed by atoms with Crippen LogP contribution in [0, 0.1) is 0 Å². The first-order chi connectivity index (χ1) is 8.52. The number of alkyl halides is 3. The summed E-state index contributed by atoms with van der Waals surface area (Å²) in [5.74, 6) is -0.0570. The first-order valence-corrected chi connectivity index (χ1v) is 4.90. The van der Waals surface area contributed by atoms with Crippen molar-refractivity contribution in [2.45, 2.75) is 6.18 Å². The highest BCUT2D eigenvalue weighted by atomic mass is 19.4. The van der Waals surface area contributed by atoms with Gasteiger partial charge in [0, 0.05) is 5.56 Å². The largest absolute Gasteiger partial charge is 0.496 e. The van der Waals surface area contributed by atoms with Crippen LogP contribution < -0.4 is 4.74 Å². The van der Waals surface area contributed by atoms with E-state index in [0.29, 0.717) is 0 Å². The van der Waals surface area contributed by atoms with Gasteiger partial charge < -0.3 is 4.74 Å². The zero-order valence-corrected chi connectivity index (χ0v) is 9.27. The van der Waals surface area contributed by atoms with Crippen LogP contribution >= 0.6 is 0 Å². The van der Waals surface area contributed by atoms with Gasteiger partial charge in [-0.3, -0.25) is 0 Å². The molecule has 0 aliphatic carbocycles. The summed E-state index contributed by atoms with van der Waals surface area (Å²) in [5, 5.41) is 0. The molecule has 0 N–H and O–H groups in total. The molecule has 2 aromatic rings. The summed E-state index contributed by atoms with van der Waals surface area (Å²) in [6.45, 7) is 0. The van der Waals surface area contributed by atoms with Gasteiger partial charge in [-0.25, -0.2) is 15.0 Å². The van der Waals surface area contributed by atoms with Gasteiger partial charge in [-0.05, 0) is 18.2 Å². The van der Waals surface area contributed by atoms with Crippen molar-refractivity contribution in [1.29, 1.82) is 0 Å². The van der Waals surface area contributed by atoms with Crippen molar-refractivity contribution in [3.05, 3.63) is 36.4 Å². The Morgan fingerprint density at radius 2 is 1.78 bits per heavy atom. The van der Waals surface area contributed by atoms with Crippen LogP contribution in [0.5, 0.6) is 5.75 Å². The van der Waals surface area contributed by atoms with E-state index in [1.54, 1.807) is 0 Å². The van der Waals surface area contributed by atoms with Crippen LogP contribution in [-0.2, 0) is 6.18 Å². The van der Waals surface area contributed by atoms with Gasteiger partial charge in [0.05, 0.1) is 12.7 Å². The first-order valence-electron chi connectivity index (χ1n) is 4.90. The molecular formula is C11H8F3N3O. The van der Waals surface area contributed by atoms with Crippen molar-refractivity contribution in [2.24, 2.45) is 0 Å². The number of hydrogen-bond acceptors (Lipinski definition) is 4. The van der Waals surface area contributed by atoms with Gasteiger partial charge in [0.25, 0.3) is 0 Å². The minimum Gasteiger partial charge on any atom is -0.496 e. The highest BCUT2D eigenvalue weighted by Gasteiger charge is 2.34. The molecule has 0 aliphatic heterocycles. The maximum absolute atomic E-state index is 12.8. The smallest absolute Gasteiger partial charge is 0.419 e. The minimum atomic E-state index is -4.49. The zero-order valence-electron chi connectivity index (χ0n) is 9.27. The number of benzene rings is 1. The van der Waals surface area contributed by atoms with E-state index in [1.165, 1.54) is 31.9 Å². The fraction of sp³-hybridized carbons (Fsp3) is 0.182. The molecule has 0 unspecified atom stereocenters. The van der Waals surface area contributed by atoms with Crippen LogP contribution in [0.4, 0.5) is 13.2 Å². The predicted molar refractivity (Wildman–Crippen MR) is 56.8 cm³/mol. The molecule has 0 atom stereocenters. The van der Waals surface area contributed by atoms with E-state index in [2.05, 4.69) is 19.7 Å². The van der Waals surface area contributed by atoms with E-state index in [9.17, 15) is 13.2 Å². The Morgan fingerprint density at radius 3 is 2.33 bits per heavy atom. The van der Waals surface area contributed by atoms with Crippen LogP contribution in [0.15, 0.2) is 30.9 Å². The molecule has 0 amide bonds. The molecule has 2 rings (SSSR count). The first kappa shape index (κ1) is 12.3. The van der Waals surface area contributed by atoms with Gasteiger partial charge in [0.2, 0.25) is 0 Å². The second-order valence-electron chi connectivity index (χ2n) is 3.37. The fourth-order valence-electron chi connectivity index (χ4n) is 1.46. The van der Waals surface area contributed by atoms with Crippen molar-refractivity contribution in [3.63, 3.8) is 0 Å². The summed E-state index contributed by atoms with van der Waals surface area (Å²) in [6, 6.07) is 3.65. The number of rotatable bonds is 2. The molecule has 7 heteroatoms. The molecule has 0 bridgehead atoms. The quantitative estimate of drug-likeness (QED) is 0.827. The lowest BCUT2D eigenvalue weighted by Crippen LogP contribution is -2.08. The van der Waals surface area contributed by atoms with Crippen molar-refractivity contribution in [3.8, 4) is 17.1 Å². The molecule has 0 aliphatic rings. The van der Waals surface area contributed by atoms with E-state index in [-0.39, 0.29) is 17.1 Å². The van der Waals surface area contributed by atoms with Crippen molar-refractivity contribution < 1.29 is 17.9 Å². The summed E-state index contributed by atoms with van der Waals surface area (Å²) >= 11 is 0. The van der Waals surface area contributed by atoms with E-state index in [0.717, 1.165) is 6.07 Å². The van der Waals surface area contributed by atoms with E-state index >= 15 is 0 Å². The molecule has 1 aromatic heterocycles. The molecule has 0 saturated carbocycles. The molecule has 1 heterocycles. The van der Waals surface area contributed by atoms with Crippen molar-refractivity contribution >= 4 is 0 Å². The highest BCUT2D eigenvalue weighted by Crippen LogP contribution is 2.37. The van der Waals surface area contributed by atoms with Gasteiger partial charge in [-0.2, -0.15) is 13.2 Å². The number of aromatic nitrogens is 3.